The van der Waals surface area contributed by atoms with Gasteiger partial charge in [0.2, 0.25) is 0 Å². The summed E-state index contributed by atoms with van der Waals surface area (Å²) < 4.78 is 0. The van der Waals surface area contributed by atoms with E-state index in [4.69, 9.17) is 0 Å². The van der Waals surface area contributed by atoms with E-state index >= 15 is 0 Å². The molecule has 0 saturated heterocycles. The second kappa shape index (κ2) is 6.23. The highest BCUT2D eigenvalue weighted by molar-refractivity contribution is 4.85. The maximum absolute atomic E-state index is 2.37. The Balaban J connectivity index is 2.04. The predicted molar refractivity (Wildman–Crippen MR) is 59.8 cm³/mol. The summed E-state index contributed by atoms with van der Waals surface area (Å²) >= 11 is 0. The third kappa shape index (κ3) is 5.13. The van der Waals surface area contributed by atoms with Gasteiger partial charge in [0, 0.05) is 0 Å². The summed E-state index contributed by atoms with van der Waals surface area (Å²) in [5, 5.41) is 0. The van der Waals surface area contributed by atoms with E-state index in [0.717, 1.165) is 11.8 Å². The highest BCUT2D eigenvalue weighted by Crippen LogP contribution is 2.27. The molecule has 0 N–H and O–H groups in total. The van der Waals surface area contributed by atoms with E-state index in [-0.39, 0.29) is 0 Å². The van der Waals surface area contributed by atoms with Crippen molar-refractivity contribution in [3.05, 3.63) is 12.2 Å². The van der Waals surface area contributed by atoms with Gasteiger partial charge in [-0.3, -0.25) is 0 Å². The highest BCUT2D eigenvalue weighted by atomic mass is 14.2. The Labute approximate surface area is 83.4 Å². The molecular formula is C13H24. The van der Waals surface area contributed by atoms with Gasteiger partial charge >= 0.3 is 0 Å². The molecule has 1 saturated carbocycles. The van der Waals surface area contributed by atoms with E-state index in [9.17, 15) is 0 Å². The molecule has 0 aliphatic heterocycles. The van der Waals surface area contributed by atoms with Crippen LogP contribution in [-0.2, 0) is 0 Å². The summed E-state index contributed by atoms with van der Waals surface area (Å²) in [5.74, 6) is 1.77. The minimum absolute atomic E-state index is 0.728. The number of allylic oxidation sites excluding steroid dienone is 2. The average Bonchev–Trinajstić information content (AvgIpc) is 2.14. The Morgan fingerprint density at radius 3 is 2.46 bits per heavy atom. The molecule has 0 heterocycles. The van der Waals surface area contributed by atoms with Crippen molar-refractivity contribution in [3.63, 3.8) is 0 Å². The molecule has 0 nitrogen and oxygen atoms in total. The molecule has 0 heteroatoms. The fourth-order valence-electron chi connectivity index (χ4n) is 2.18. The van der Waals surface area contributed by atoms with Gasteiger partial charge in [0.1, 0.15) is 0 Å². The Bertz CT molecular complexity index is 138. The number of hydrogen-bond acceptors (Lipinski definition) is 0. The van der Waals surface area contributed by atoms with Crippen molar-refractivity contribution in [2.75, 3.05) is 0 Å². The lowest BCUT2D eigenvalue weighted by molar-refractivity contribution is 0.341. The summed E-state index contributed by atoms with van der Waals surface area (Å²) in [5.41, 5.74) is 0. The molecule has 1 aliphatic rings. The predicted octanol–water partition coefficient (Wildman–Crippen LogP) is 4.56. The molecule has 0 atom stereocenters. The zero-order valence-electron chi connectivity index (χ0n) is 9.26. The lowest BCUT2D eigenvalue weighted by Crippen LogP contribution is -2.05. The fraction of sp³-hybridized carbons (Fsp3) is 0.846. The Hall–Kier alpha value is -0.260. The van der Waals surface area contributed by atoms with Crippen LogP contribution < -0.4 is 0 Å². The number of rotatable bonds is 4. The molecule has 0 unspecified atom stereocenters. The maximum Gasteiger partial charge on any atom is -0.0290 e. The molecule has 0 aromatic rings. The van der Waals surface area contributed by atoms with Crippen molar-refractivity contribution in [1.29, 1.82) is 0 Å². The maximum atomic E-state index is 2.37. The monoisotopic (exact) mass is 180 g/mol. The van der Waals surface area contributed by atoms with Crippen LogP contribution in [0.2, 0.25) is 0 Å². The normalized spacial score (nSPS) is 20.2. The van der Waals surface area contributed by atoms with Crippen molar-refractivity contribution in [2.24, 2.45) is 11.8 Å². The Morgan fingerprint density at radius 2 is 1.85 bits per heavy atom. The van der Waals surface area contributed by atoms with Crippen molar-refractivity contribution in [2.45, 2.75) is 58.8 Å². The van der Waals surface area contributed by atoms with Crippen molar-refractivity contribution >= 4 is 0 Å². The fourth-order valence-corrected chi connectivity index (χ4v) is 2.18. The van der Waals surface area contributed by atoms with Gasteiger partial charge in [-0.25, -0.2) is 0 Å². The lowest BCUT2D eigenvalue weighted by Gasteiger charge is -2.20. The van der Waals surface area contributed by atoms with Gasteiger partial charge in [0.15, 0.2) is 0 Å². The molecule has 1 fully saturated rings. The molecule has 0 radical (unpaired) electrons. The third-order valence-electron chi connectivity index (χ3n) is 2.99. The van der Waals surface area contributed by atoms with Crippen LogP contribution in [-0.4, -0.2) is 0 Å². The summed E-state index contributed by atoms with van der Waals surface area (Å²) in [4.78, 5) is 0. The second-order valence-electron chi connectivity index (χ2n) is 4.75. The van der Waals surface area contributed by atoms with Crippen LogP contribution in [0.1, 0.15) is 58.8 Å². The number of hydrogen-bond donors (Lipinski definition) is 0. The Kier molecular flexibility index (Phi) is 5.19. The summed E-state index contributed by atoms with van der Waals surface area (Å²) in [6.07, 6.45) is 14.9. The first-order chi connectivity index (χ1) is 6.29. The third-order valence-corrected chi connectivity index (χ3v) is 2.99. The van der Waals surface area contributed by atoms with Gasteiger partial charge in [-0.2, -0.15) is 0 Å². The van der Waals surface area contributed by atoms with Crippen LogP contribution in [0.3, 0.4) is 0 Å². The summed E-state index contributed by atoms with van der Waals surface area (Å²) in [6.45, 7) is 4.49. The largest absolute Gasteiger partial charge is 0.0883 e. The summed E-state index contributed by atoms with van der Waals surface area (Å²) in [7, 11) is 0. The van der Waals surface area contributed by atoms with Crippen LogP contribution in [0.15, 0.2) is 12.2 Å². The van der Waals surface area contributed by atoms with Crippen LogP contribution in [0.4, 0.5) is 0 Å². The molecule has 1 rings (SSSR count). The van der Waals surface area contributed by atoms with Gasteiger partial charge in [0.05, 0.1) is 0 Å². The van der Waals surface area contributed by atoms with Crippen LogP contribution in [0.25, 0.3) is 0 Å². The zero-order valence-corrected chi connectivity index (χ0v) is 9.26. The molecule has 1 aliphatic carbocycles. The first-order valence-electron chi connectivity index (χ1n) is 5.95. The van der Waals surface area contributed by atoms with Gasteiger partial charge in [-0.15, -0.1) is 0 Å². The molecule has 0 aromatic carbocycles. The van der Waals surface area contributed by atoms with Crippen molar-refractivity contribution in [1.82, 2.24) is 0 Å². The van der Waals surface area contributed by atoms with Crippen LogP contribution in [0.5, 0.6) is 0 Å². The molecule has 0 amide bonds. The first-order valence-corrected chi connectivity index (χ1v) is 5.95. The van der Waals surface area contributed by atoms with E-state index in [2.05, 4.69) is 26.0 Å². The first kappa shape index (κ1) is 10.8. The van der Waals surface area contributed by atoms with Gasteiger partial charge in [-0.05, 0) is 24.7 Å². The van der Waals surface area contributed by atoms with E-state index < -0.39 is 0 Å². The van der Waals surface area contributed by atoms with E-state index in [1.807, 2.05) is 0 Å². The lowest BCUT2D eigenvalue weighted by atomic mass is 9.86. The summed E-state index contributed by atoms with van der Waals surface area (Å²) in [6, 6.07) is 0. The van der Waals surface area contributed by atoms with Gasteiger partial charge in [-0.1, -0.05) is 58.1 Å². The van der Waals surface area contributed by atoms with E-state index in [1.54, 1.807) is 0 Å². The van der Waals surface area contributed by atoms with Crippen molar-refractivity contribution in [3.8, 4) is 0 Å². The van der Waals surface area contributed by atoms with Gasteiger partial charge in [0.25, 0.3) is 0 Å². The molecular weight excluding hydrogens is 156 g/mol. The van der Waals surface area contributed by atoms with Crippen LogP contribution in [0, 0.1) is 11.8 Å². The molecule has 76 valence electrons. The standard InChI is InChI=1S/C13H24/c1-12(2)8-6-7-11-13-9-4-3-5-10-13/h6,8,12-13H,3-5,7,9-11H2,1-2H3/b8-6-. The van der Waals surface area contributed by atoms with Gasteiger partial charge < -0.3 is 0 Å². The van der Waals surface area contributed by atoms with E-state index in [0.29, 0.717) is 0 Å². The Morgan fingerprint density at radius 1 is 1.15 bits per heavy atom. The van der Waals surface area contributed by atoms with E-state index in [1.165, 1.54) is 44.9 Å². The smallest absolute Gasteiger partial charge is 0.0290 e. The average molecular weight is 180 g/mol. The van der Waals surface area contributed by atoms with Crippen molar-refractivity contribution < 1.29 is 0 Å². The molecule has 13 heavy (non-hydrogen) atoms. The SMILES string of the molecule is CC(C)/C=C\CCC1CCCCC1. The molecule has 0 aromatic heterocycles. The molecule has 0 spiro atoms. The highest BCUT2D eigenvalue weighted by Gasteiger charge is 2.11. The topological polar surface area (TPSA) is 0 Å². The molecule has 0 bridgehead atoms. The minimum Gasteiger partial charge on any atom is -0.0883 e. The zero-order chi connectivity index (χ0) is 9.52. The minimum atomic E-state index is 0.728. The van der Waals surface area contributed by atoms with Crippen LogP contribution >= 0.6 is 0 Å². The quantitative estimate of drug-likeness (QED) is 0.556. The second-order valence-corrected chi connectivity index (χ2v) is 4.75.